The molecule has 6 heteroatoms. The second-order valence-electron chi connectivity index (χ2n) is 7.01. The van der Waals surface area contributed by atoms with Gasteiger partial charge in [0, 0.05) is 37.2 Å². The Morgan fingerprint density at radius 2 is 1.85 bits per heavy atom. The van der Waals surface area contributed by atoms with Gasteiger partial charge in [0.25, 0.3) is 5.91 Å². The van der Waals surface area contributed by atoms with E-state index >= 15 is 0 Å². The lowest BCUT2D eigenvalue weighted by Gasteiger charge is -2.19. The number of nitrogens with one attached hydrogen (secondary N) is 1. The van der Waals surface area contributed by atoms with Gasteiger partial charge < -0.3 is 14.6 Å². The normalized spacial score (nSPS) is 15.6. The molecule has 1 fully saturated rings. The summed E-state index contributed by atoms with van der Waals surface area (Å²) >= 11 is 0. The monoisotopic (exact) mass is 363 g/mol. The van der Waals surface area contributed by atoms with Crippen molar-refractivity contribution in [3.8, 4) is 11.3 Å². The van der Waals surface area contributed by atoms with Crippen molar-refractivity contribution in [1.29, 1.82) is 0 Å². The summed E-state index contributed by atoms with van der Waals surface area (Å²) < 4.78 is 1.86. The molecule has 4 rings (SSSR count). The van der Waals surface area contributed by atoms with Gasteiger partial charge in [-0.05, 0) is 25.9 Å². The first-order chi connectivity index (χ1) is 13.3. The van der Waals surface area contributed by atoms with E-state index in [9.17, 15) is 4.79 Å². The first-order valence-electron chi connectivity index (χ1n) is 9.71. The zero-order valence-electron chi connectivity index (χ0n) is 15.5. The predicted octanol–water partition coefficient (Wildman–Crippen LogP) is 3.00. The van der Waals surface area contributed by atoms with Crippen LogP contribution in [-0.4, -0.2) is 51.4 Å². The van der Waals surface area contributed by atoms with E-state index in [1.54, 1.807) is 12.4 Å². The number of carbonyl (C=O) groups is 1. The Morgan fingerprint density at radius 3 is 2.63 bits per heavy atom. The molecule has 1 aliphatic rings. The molecule has 27 heavy (non-hydrogen) atoms. The lowest BCUT2D eigenvalue weighted by atomic mass is 10.1. The summed E-state index contributed by atoms with van der Waals surface area (Å²) in [6.07, 6.45) is 10.5. The Balaban J connectivity index is 1.45. The minimum Gasteiger partial charge on any atom is -0.349 e. The third-order valence-electron chi connectivity index (χ3n) is 5.07. The summed E-state index contributed by atoms with van der Waals surface area (Å²) in [5, 5.41) is 3.01. The van der Waals surface area contributed by atoms with Gasteiger partial charge >= 0.3 is 0 Å². The Labute approximate surface area is 159 Å². The van der Waals surface area contributed by atoms with Crippen molar-refractivity contribution >= 4 is 11.6 Å². The summed E-state index contributed by atoms with van der Waals surface area (Å²) in [6, 6.07) is 9.91. The van der Waals surface area contributed by atoms with E-state index in [4.69, 9.17) is 0 Å². The fourth-order valence-electron chi connectivity index (χ4n) is 3.61. The molecule has 1 aromatic carbocycles. The van der Waals surface area contributed by atoms with Gasteiger partial charge in [0.2, 0.25) is 0 Å². The highest BCUT2D eigenvalue weighted by molar-refractivity contribution is 5.93. The zero-order valence-corrected chi connectivity index (χ0v) is 15.5. The molecular formula is C21H25N5O. The van der Waals surface area contributed by atoms with E-state index in [-0.39, 0.29) is 5.91 Å². The van der Waals surface area contributed by atoms with Gasteiger partial charge in [0.1, 0.15) is 11.4 Å². The van der Waals surface area contributed by atoms with Gasteiger partial charge in [-0.25, -0.2) is 4.98 Å². The highest BCUT2D eigenvalue weighted by Gasteiger charge is 2.15. The number of likely N-dealkylation sites (tertiary alicyclic amines) is 1. The Morgan fingerprint density at radius 1 is 1.07 bits per heavy atom. The van der Waals surface area contributed by atoms with Crippen LogP contribution in [0.2, 0.25) is 0 Å². The number of benzene rings is 1. The third kappa shape index (κ3) is 4.17. The predicted molar refractivity (Wildman–Crippen MR) is 106 cm³/mol. The van der Waals surface area contributed by atoms with Crippen LogP contribution in [0.15, 0.2) is 48.9 Å². The van der Waals surface area contributed by atoms with Crippen LogP contribution in [0.3, 0.4) is 0 Å². The molecule has 2 aromatic heterocycles. The number of aromatic nitrogens is 3. The first kappa shape index (κ1) is 17.7. The zero-order chi connectivity index (χ0) is 18.5. The van der Waals surface area contributed by atoms with E-state index in [2.05, 4.69) is 20.2 Å². The summed E-state index contributed by atoms with van der Waals surface area (Å²) in [6.45, 7) is 3.82. The van der Waals surface area contributed by atoms with Crippen LogP contribution in [0.1, 0.15) is 36.2 Å². The summed E-state index contributed by atoms with van der Waals surface area (Å²) in [5.74, 6) is -0.132. The van der Waals surface area contributed by atoms with Gasteiger partial charge in [0.15, 0.2) is 5.65 Å². The van der Waals surface area contributed by atoms with Gasteiger partial charge in [-0.3, -0.25) is 9.78 Å². The molecule has 0 spiro atoms. The minimum atomic E-state index is -0.132. The Bertz CT molecular complexity index is 897. The largest absolute Gasteiger partial charge is 0.349 e. The van der Waals surface area contributed by atoms with Crippen LogP contribution in [0.25, 0.3) is 16.9 Å². The van der Waals surface area contributed by atoms with Crippen molar-refractivity contribution < 1.29 is 4.79 Å². The van der Waals surface area contributed by atoms with Crippen molar-refractivity contribution in [1.82, 2.24) is 24.6 Å². The molecule has 140 valence electrons. The molecule has 0 bridgehead atoms. The van der Waals surface area contributed by atoms with Crippen LogP contribution >= 0.6 is 0 Å². The maximum absolute atomic E-state index is 12.5. The molecule has 6 nitrogen and oxygen atoms in total. The summed E-state index contributed by atoms with van der Waals surface area (Å²) in [5.41, 5.74) is 2.89. The molecule has 3 heterocycles. The quantitative estimate of drug-likeness (QED) is 0.757. The average molecular weight is 363 g/mol. The van der Waals surface area contributed by atoms with Crippen LogP contribution < -0.4 is 5.32 Å². The van der Waals surface area contributed by atoms with E-state index in [0.717, 1.165) is 30.9 Å². The van der Waals surface area contributed by atoms with E-state index in [1.165, 1.54) is 25.7 Å². The van der Waals surface area contributed by atoms with Crippen molar-refractivity contribution in [2.75, 3.05) is 26.2 Å². The molecule has 0 unspecified atom stereocenters. The highest BCUT2D eigenvalue weighted by atomic mass is 16.1. The van der Waals surface area contributed by atoms with Gasteiger partial charge in [-0.2, -0.15) is 0 Å². The number of nitrogens with zero attached hydrogens (tertiary/aromatic N) is 4. The molecule has 3 aromatic rings. The number of amides is 1. The molecular weight excluding hydrogens is 338 g/mol. The minimum absolute atomic E-state index is 0.132. The van der Waals surface area contributed by atoms with Crippen molar-refractivity contribution in [3.05, 3.63) is 54.6 Å². The SMILES string of the molecule is O=C(NCCN1CCCCCC1)c1cn2ccnc(-c3ccccc3)c2n1. The highest BCUT2D eigenvalue weighted by Crippen LogP contribution is 2.21. The smallest absolute Gasteiger partial charge is 0.271 e. The third-order valence-corrected chi connectivity index (χ3v) is 5.07. The number of rotatable bonds is 5. The molecule has 1 N–H and O–H groups in total. The topological polar surface area (TPSA) is 62.5 Å². The maximum Gasteiger partial charge on any atom is 0.271 e. The number of carbonyl (C=O) groups excluding carboxylic acids is 1. The second kappa shape index (κ2) is 8.31. The molecule has 1 aliphatic heterocycles. The van der Waals surface area contributed by atoms with Crippen molar-refractivity contribution in [2.45, 2.75) is 25.7 Å². The maximum atomic E-state index is 12.5. The van der Waals surface area contributed by atoms with Gasteiger partial charge in [-0.15, -0.1) is 0 Å². The molecule has 0 atom stereocenters. The van der Waals surface area contributed by atoms with Gasteiger partial charge in [-0.1, -0.05) is 43.2 Å². The average Bonchev–Trinajstić information content (AvgIpc) is 2.98. The fraction of sp³-hybridized carbons (Fsp3) is 0.381. The molecule has 1 saturated heterocycles. The second-order valence-corrected chi connectivity index (χ2v) is 7.01. The number of hydrogen-bond acceptors (Lipinski definition) is 4. The van der Waals surface area contributed by atoms with Crippen molar-refractivity contribution in [2.24, 2.45) is 0 Å². The molecule has 0 saturated carbocycles. The van der Waals surface area contributed by atoms with Crippen LogP contribution in [0.4, 0.5) is 0 Å². The van der Waals surface area contributed by atoms with Crippen LogP contribution in [0, 0.1) is 0 Å². The lowest BCUT2D eigenvalue weighted by Crippen LogP contribution is -2.35. The lowest BCUT2D eigenvalue weighted by molar-refractivity contribution is 0.0944. The first-order valence-corrected chi connectivity index (χ1v) is 9.71. The van der Waals surface area contributed by atoms with E-state index in [0.29, 0.717) is 17.9 Å². The molecule has 1 amide bonds. The Hall–Kier alpha value is -2.73. The fourth-order valence-corrected chi connectivity index (χ4v) is 3.61. The summed E-state index contributed by atoms with van der Waals surface area (Å²) in [7, 11) is 0. The Kier molecular flexibility index (Phi) is 5.44. The van der Waals surface area contributed by atoms with E-state index < -0.39 is 0 Å². The number of imidazole rings is 1. The van der Waals surface area contributed by atoms with Crippen LogP contribution in [0.5, 0.6) is 0 Å². The molecule has 0 radical (unpaired) electrons. The van der Waals surface area contributed by atoms with E-state index in [1.807, 2.05) is 40.9 Å². The van der Waals surface area contributed by atoms with Crippen LogP contribution in [-0.2, 0) is 0 Å². The number of hydrogen-bond donors (Lipinski definition) is 1. The number of fused-ring (bicyclic) bond motifs is 1. The van der Waals surface area contributed by atoms with Crippen molar-refractivity contribution in [3.63, 3.8) is 0 Å². The van der Waals surface area contributed by atoms with Gasteiger partial charge in [0.05, 0.1) is 0 Å². The molecule has 0 aliphatic carbocycles. The summed E-state index contributed by atoms with van der Waals surface area (Å²) in [4.78, 5) is 24.0. The standard InChI is InChI=1S/C21H25N5O/c27-21(23-10-14-25-12-6-1-2-7-13-25)18-16-26-15-11-22-19(20(26)24-18)17-8-4-3-5-9-17/h3-5,8-9,11,15-16H,1-2,6-7,10,12-14H2,(H,23,27).